The smallest absolute Gasteiger partial charge is 0.305 e. The van der Waals surface area contributed by atoms with Crippen LogP contribution in [0.15, 0.2) is 12.2 Å². The molecule has 146 valence electrons. The third-order valence-electron chi connectivity index (χ3n) is 2.94. The summed E-state index contributed by atoms with van der Waals surface area (Å²) in [5.41, 5.74) is 0. The van der Waals surface area contributed by atoms with Gasteiger partial charge < -0.3 is 14.2 Å². The molecule has 0 saturated carbocycles. The molecule has 25 heavy (non-hydrogen) atoms. The molecule has 0 fully saturated rings. The second-order valence-electron chi connectivity index (χ2n) is 5.27. The lowest BCUT2D eigenvalue weighted by Gasteiger charge is -1.99. The minimum atomic E-state index is -0.211. The second kappa shape index (κ2) is 20.2. The minimum absolute atomic E-state index is 0.170. The molecule has 0 aliphatic heterocycles. The average molecular weight is 358 g/mol. The van der Waals surface area contributed by atoms with Gasteiger partial charge in [0.05, 0.1) is 13.2 Å². The summed E-state index contributed by atoms with van der Waals surface area (Å²) in [5, 5.41) is 0. The summed E-state index contributed by atoms with van der Waals surface area (Å²) in [7, 11) is 0. The van der Waals surface area contributed by atoms with E-state index in [0.29, 0.717) is 32.5 Å². The van der Waals surface area contributed by atoms with Crippen LogP contribution >= 0.6 is 0 Å². The maximum Gasteiger partial charge on any atom is 0.305 e. The Kier molecular flexibility index (Phi) is 20.5. The molecule has 6 heteroatoms. The van der Waals surface area contributed by atoms with Crippen LogP contribution in [0.2, 0.25) is 0 Å². The number of carbonyl (C=O) groups is 3. The van der Waals surface area contributed by atoms with Crippen molar-refractivity contribution in [2.45, 2.75) is 72.6 Å². The van der Waals surface area contributed by atoms with Crippen molar-refractivity contribution >= 4 is 17.9 Å². The average Bonchev–Trinajstić information content (AvgIpc) is 2.60. The Morgan fingerprint density at radius 1 is 0.760 bits per heavy atom. The van der Waals surface area contributed by atoms with E-state index in [0.717, 1.165) is 6.42 Å². The number of hydrogen-bond acceptors (Lipinski definition) is 6. The van der Waals surface area contributed by atoms with Crippen LogP contribution in [0.1, 0.15) is 72.6 Å². The summed E-state index contributed by atoms with van der Waals surface area (Å²) in [4.78, 5) is 31.7. The first-order chi connectivity index (χ1) is 12.0. The molecular weight excluding hydrogens is 324 g/mol. The molecule has 0 aromatic heterocycles. The summed E-state index contributed by atoms with van der Waals surface area (Å²) in [5.74, 6) is -0.575. The van der Waals surface area contributed by atoms with Gasteiger partial charge in [-0.25, -0.2) is 0 Å². The summed E-state index contributed by atoms with van der Waals surface area (Å²) in [6.45, 7) is 8.36. The molecule has 0 bridgehead atoms. The fraction of sp³-hybridized carbons (Fsp3) is 0.737. The summed E-state index contributed by atoms with van der Waals surface area (Å²) >= 11 is 0. The largest absolute Gasteiger partial charge is 0.466 e. The van der Waals surface area contributed by atoms with Gasteiger partial charge in [0, 0.05) is 19.8 Å². The van der Waals surface area contributed by atoms with Crippen molar-refractivity contribution in [2.75, 3.05) is 19.8 Å². The van der Waals surface area contributed by atoms with Crippen molar-refractivity contribution in [3.63, 3.8) is 0 Å². The van der Waals surface area contributed by atoms with E-state index >= 15 is 0 Å². The summed E-state index contributed by atoms with van der Waals surface area (Å²) in [6, 6.07) is 0. The van der Waals surface area contributed by atoms with Crippen LogP contribution in [-0.4, -0.2) is 37.7 Å². The maximum atomic E-state index is 10.7. The van der Waals surface area contributed by atoms with Gasteiger partial charge in [-0.2, -0.15) is 0 Å². The Morgan fingerprint density at radius 3 is 1.96 bits per heavy atom. The predicted octanol–water partition coefficient (Wildman–Crippen LogP) is 3.97. The number of carbonyl (C=O) groups excluding carboxylic acids is 3. The van der Waals surface area contributed by atoms with Crippen molar-refractivity contribution in [3.05, 3.63) is 12.2 Å². The van der Waals surface area contributed by atoms with Gasteiger partial charge in [0.25, 0.3) is 0 Å². The Hall–Kier alpha value is -1.85. The number of ether oxygens (including phenoxy) is 3. The van der Waals surface area contributed by atoms with Crippen molar-refractivity contribution in [1.29, 1.82) is 0 Å². The second-order valence-corrected chi connectivity index (χ2v) is 5.27. The quantitative estimate of drug-likeness (QED) is 0.227. The zero-order chi connectivity index (χ0) is 19.3. The van der Waals surface area contributed by atoms with Crippen LogP contribution in [-0.2, 0) is 28.6 Å². The van der Waals surface area contributed by atoms with E-state index in [-0.39, 0.29) is 24.5 Å². The van der Waals surface area contributed by atoms with Gasteiger partial charge in [-0.1, -0.05) is 52.2 Å². The molecule has 0 aliphatic carbocycles. The van der Waals surface area contributed by atoms with Gasteiger partial charge in [-0.3, -0.25) is 14.4 Å². The van der Waals surface area contributed by atoms with Gasteiger partial charge in [0.2, 0.25) is 0 Å². The summed E-state index contributed by atoms with van der Waals surface area (Å²) in [6.07, 6.45) is 9.65. The van der Waals surface area contributed by atoms with Crippen LogP contribution in [0, 0.1) is 0 Å². The lowest BCUT2D eigenvalue weighted by molar-refractivity contribution is -0.143. The van der Waals surface area contributed by atoms with Gasteiger partial charge in [0.15, 0.2) is 0 Å². The van der Waals surface area contributed by atoms with Gasteiger partial charge in [-0.05, 0) is 12.8 Å². The first kappa shape index (κ1) is 25.4. The molecule has 6 nitrogen and oxygen atoms in total. The number of unbranched alkanes of at least 4 members (excludes halogenated alkanes) is 3. The first-order valence-corrected chi connectivity index (χ1v) is 9.07. The first-order valence-electron chi connectivity index (χ1n) is 9.07. The van der Waals surface area contributed by atoms with Crippen LogP contribution < -0.4 is 0 Å². The van der Waals surface area contributed by atoms with E-state index in [1.54, 1.807) is 19.9 Å². The van der Waals surface area contributed by atoms with Crippen LogP contribution in [0.5, 0.6) is 0 Å². The molecule has 0 N–H and O–H groups in total. The zero-order valence-corrected chi connectivity index (χ0v) is 16.2. The molecule has 0 radical (unpaired) electrons. The molecule has 0 unspecified atom stereocenters. The SMILES string of the molecule is CCC(=O)OC/C=C/CCOC(=O)CC.CCCCCCOC(C)=O. The normalized spacial score (nSPS) is 9.92. The highest BCUT2D eigenvalue weighted by molar-refractivity contribution is 5.69. The van der Waals surface area contributed by atoms with E-state index in [9.17, 15) is 14.4 Å². The molecule has 0 aromatic rings. The fourth-order valence-electron chi connectivity index (χ4n) is 1.52. The lowest BCUT2D eigenvalue weighted by atomic mass is 10.2. The maximum absolute atomic E-state index is 10.7. The lowest BCUT2D eigenvalue weighted by Crippen LogP contribution is -2.03. The molecule has 0 atom stereocenters. The Labute approximate surface area is 151 Å². The van der Waals surface area contributed by atoms with Crippen molar-refractivity contribution in [2.24, 2.45) is 0 Å². The van der Waals surface area contributed by atoms with Gasteiger partial charge in [0.1, 0.15) is 6.61 Å². The highest BCUT2D eigenvalue weighted by atomic mass is 16.5. The van der Waals surface area contributed by atoms with Gasteiger partial charge in [-0.15, -0.1) is 0 Å². The van der Waals surface area contributed by atoms with Crippen LogP contribution in [0.4, 0.5) is 0 Å². The molecule has 0 spiro atoms. The number of esters is 3. The molecule has 0 aliphatic rings. The van der Waals surface area contributed by atoms with Crippen LogP contribution in [0.25, 0.3) is 0 Å². The van der Waals surface area contributed by atoms with Crippen LogP contribution in [0.3, 0.4) is 0 Å². The van der Waals surface area contributed by atoms with E-state index < -0.39 is 0 Å². The molecule has 0 saturated heterocycles. The fourth-order valence-corrected chi connectivity index (χ4v) is 1.52. The molecule has 0 aromatic carbocycles. The minimum Gasteiger partial charge on any atom is -0.466 e. The van der Waals surface area contributed by atoms with E-state index in [1.807, 2.05) is 6.08 Å². The molecular formula is C19H34O6. The highest BCUT2D eigenvalue weighted by Crippen LogP contribution is 1.98. The Morgan fingerprint density at radius 2 is 1.40 bits per heavy atom. The standard InChI is InChI=1S/C11H18O4.C8H16O2/c1-3-10(12)14-8-6-5-7-9-15-11(13)4-2;1-3-4-5-6-7-10-8(2)9/h5-6H,3-4,7-9H2,1-2H3;3-7H2,1-2H3/b6-5+;. The topological polar surface area (TPSA) is 78.9 Å². The monoisotopic (exact) mass is 358 g/mol. The van der Waals surface area contributed by atoms with E-state index in [4.69, 9.17) is 14.2 Å². The summed E-state index contributed by atoms with van der Waals surface area (Å²) < 4.78 is 14.4. The molecule has 0 heterocycles. The zero-order valence-electron chi connectivity index (χ0n) is 16.2. The van der Waals surface area contributed by atoms with E-state index in [1.165, 1.54) is 26.2 Å². The highest BCUT2D eigenvalue weighted by Gasteiger charge is 1.96. The van der Waals surface area contributed by atoms with Crippen molar-refractivity contribution < 1.29 is 28.6 Å². The number of rotatable bonds is 12. The molecule has 0 rings (SSSR count). The van der Waals surface area contributed by atoms with E-state index in [2.05, 4.69) is 6.92 Å². The Balaban J connectivity index is 0. The van der Waals surface area contributed by atoms with Crippen molar-refractivity contribution in [3.8, 4) is 0 Å². The third kappa shape index (κ3) is 24.5. The Bertz CT molecular complexity index is 376. The van der Waals surface area contributed by atoms with Crippen molar-refractivity contribution in [1.82, 2.24) is 0 Å². The predicted molar refractivity (Wildman–Crippen MR) is 97.0 cm³/mol. The molecule has 0 amide bonds. The number of hydrogen-bond donors (Lipinski definition) is 0. The van der Waals surface area contributed by atoms with Gasteiger partial charge >= 0.3 is 17.9 Å². The third-order valence-corrected chi connectivity index (χ3v) is 2.94.